The number of halogens is 1. The molecule has 134 valence electrons. The number of carbonyl (C=O) groups excluding carboxylic acids is 1. The molecule has 4 aromatic rings. The fourth-order valence-corrected chi connectivity index (χ4v) is 3.26. The highest BCUT2D eigenvalue weighted by atomic mass is 35.5. The van der Waals surface area contributed by atoms with Gasteiger partial charge in [0.25, 0.3) is 5.91 Å². The van der Waals surface area contributed by atoms with Crippen LogP contribution in [0.5, 0.6) is 0 Å². The highest BCUT2D eigenvalue weighted by Crippen LogP contribution is 2.27. The summed E-state index contributed by atoms with van der Waals surface area (Å²) in [5, 5.41) is 3.69. The monoisotopic (exact) mass is 375 g/mol. The maximum Gasteiger partial charge on any atom is 0.255 e. The molecule has 0 spiro atoms. The van der Waals surface area contributed by atoms with Gasteiger partial charge in [-0.25, -0.2) is 4.98 Å². The van der Waals surface area contributed by atoms with Crippen LogP contribution in [0.1, 0.15) is 15.9 Å². The molecule has 0 unspecified atom stereocenters. The molecule has 0 atom stereocenters. The van der Waals surface area contributed by atoms with Crippen LogP contribution in [-0.4, -0.2) is 21.8 Å². The van der Waals surface area contributed by atoms with Crippen molar-refractivity contribution < 1.29 is 4.79 Å². The second-order valence-corrected chi connectivity index (χ2v) is 6.70. The van der Waals surface area contributed by atoms with Gasteiger partial charge in [0, 0.05) is 30.2 Å². The topological polar surface area (TPSA) is 46.4 Å². The fourth-order valence-electron chi connectivity index (χ4n) is 3.13. The third-order valence-electron chi connectivity index (χ3n) is 4.49. The number of hydrogen-bond donors (Lipinski definition) is 1. The zero-order valence-corrected chi connectivity index (χ0v) is 15.4. The molecule has 1 N–H and O–H groups in total. The Morgan fingerprint density at radius 1 is 1.00 bits per heavy atom. The van der Waals surface area contributed by atoms with Gasteiger partial charge >= 0.3 is 0 Å². The van der Waals surface area contributed by atoms with E-state index in [1.165, 1.54) is 5.56 Å². The van der Waals surface area contributed by atoms with Gasteiger partial charge in [-0.2, -0.15) is 0 Å². The van der Waals surface area contributed by atoms with Crippen LogP contribution in [0.4, 0.5) is 0 Å². The number of fused-ring (bicyclic) bond motifs is 1. The van der Waals surface area contributed by atoms with E-state index in [0.717, 1.165) is 17.5 Å². The first-order chi connectivity index (χ1) is 13.2. The largest absolute Gasteiger partial charge is 0.352 e. The van der Waals surface area contributed by atoms with Crippen LogP contribution in [0.25, 0.3) is 16.8 Å². The molecule has 2 aromatic carbocycles. The summed E-state index contributed by atoms with van der Waals surface area (Å²) in [5.41, 5.74) is 4.16. The molecule has 4 rings (SSSR count). The zero-order valence-electron chi connectivity index (χ0n) is 14.6. The Hall–Kier alpha value is -3.11. The van der Waals surface area contributed by atoms with Gasteiger partial charge in [-0.3, -0.25) is 4.79 Å². The molecule has 0 aliphatic carbocycles. The van der Waals surface area contributed by atoms with Crippen molar-refractivity contribution in [2.45, 2.75) is 6.42 Å². The lowest BCUT2D eigenvalue weighted by Gasteiger charge is -2.12. The summed E-state index contributed by atoms with van der Waals surface area (Å²) in [6, 6.07) is 19.5. The Labute approximate surface area is 162 Å². The van der Waals surface area contributed by atoms with Crippen LogP contribution in [-0.2, 0) is 6.42 Å². The van der Waals surface area contributed by atoms with Crippen LogP contribution in [0.3, 0.4) is 0 Å². The number of benzene rings is 2. The maximum atomic E-state index is 13.0. The van der Waals surface area contributed by atoms with Gasteiger partial charge in [0.15, 0.2) is 0 Å². The van der Waals surface area contributed by atoms with Crippen molar-refractivity contribution in [3.63, 3.8) is 0 Å². The molecule has 0 saturated carbocycles. The molecule has 2 heterocycles. The average Bonchev–Trinajstić information content (AvgIpc) is 3.17. The Morgan fingerprint density at radius 2 is 1.78 bits per heavy atom. The molecule has 0 saturated heterocycles. The fraction of sp³-hybridized carbons (Fsp3) is 0.0909. The van der Waals surface area contributed by atoms with Gasteiger partial charge in [-0.05, 0) is 41.3 Å². The third kappa shape index (κ3) is 3.71. The molecule has 0 bridgehead atoms. The molecule has 2 aromatic heterocycles. The van der Waals surface area contributed by atoms with Crippen molar-refractivity contribution >= 4 is 23.2 Å². The quantitative estimate of drug-likeness (QED) is 0.553. The predicted molar refractivity (Wildman–Crippen MR) is 108 cm³/mol. The molecular formula is C22H18ClN3O. The predicted octanol–water partition coefficient (Wildman–Crippen LogP) is 4.63. The van der Waals surface area contributed by atoms with Crippen LogP contribution in [0.15, 0.2) is 79.3 Å². The van der Waals surface area contributed by atoms with E-state index in [4.69, 9.17) is 11.6 Å². The van der Waals surface area contributed by atoms with E-state index < -0.39 is 0 Å². The summed E-state index contributed by atoms with van der Waals surface area (Å²) in [7, 11) is 0. The Balaban J connectivity index is 1.64. The number of nitrogens with one attached hydrogen (secondary N) is 1. The second-order valence-electron chi connectivity index (χ2n) is 6.26. The molecule has 0 fully saturated rings. The first kappa shape index (κ1) is 17.3. The number of rotatable bonds is 5. The molecular weight excluding hydrogens is 358 g/mol. The summed E-state index contributed by atoms with van der Waals surface area (Å²) in [6.07, 6.45) is 6.22. The van der Waals surface area contributed by atoms with Gasteiger partial charge < -0.3 is 9.72 Å². The number of pyridine rings is 1. The highest BCUT2D eigenvalue weighted by Gasteiger charge is 2.18. The lowest BCUT2D eigenvalue weighted by atomic mass is 10.0. The van der Waals surface area contributed by atoms with Crippen molar-refractivity contribution in [2.24, 2.45) is 0 Å². The molecule has 1 amide bonds. The summed E-state index contributed by atoms with van der Waals surface area (Å²) < 4.78 is 1.85. The molecule has 4 nitrogen and oxygen atoms in total. The number of imidazole rings is 1. The van der Waals surface area contributed by atoms with Crippen LogP contribution in [0, 0.1) is 0 Å². The minimum absolute atomic E-state index is 0.132. The molecule has 27 heavy (non-hydrogen) atoms. The van der Waals surface area contributed by atoms with Gasteiger partial charge in [0.05, 0.1) is 5.56 Å². The van der Waals surface area contributed by atoms with Gasteiger partial charge in [-0.15, -0.1) is 0 Å². The van der Waals surface area contributed by atoms with E-state index in [0.29, 0.717) is 22.8 Å². The van der Waals surface area contributed by atoms with Crippen LogP contribution < -0.4 is 5.32 Å². The number of nitrogens with zero attached hydrogens (tertiary/aromatic N) is 2. The van der Waals surface area contributed by atoms with E-state index >= 15 is 0 Å². The third-order valence-corrected chi connectivity index (χ3v) is 4.74. The smallest absolute Gasteiger partial charge is 0.255 e. The van der Waals surface area contributed by atoms with Crippen molar-refractivity contribution in [1.82, 2.24) is 14.7 Å². The molecule has 5 heteroatoms. The first-order valence-corrected chi connectivity index (χ1v) is 9.14. The minimum Gasteiger partial charge on any atom is -0.352 e. The SMILES string of the molecule is O=C(NCCc1ccccc1)c1c(-c2ccc(Cl)cc2)ccn2ccnc12. The lowest BCUT2D eigenvalue weighted by Crippen LogP contribution is -2.27. The second kappa shape index (κ2) is 7.64. The first-order valence-electron chi connectivity index (χ1n) is 8.76. The van der Waals surface area contributed by atoms with Gasteiger partial charge in [-0.1, -0.05) is 54.1 Å². The van der Waals surface area contributed by atoms with Crippen LogP contribution >= 0.6 is 11.6 Å². The van der Waals surface area contributed by atoms with Crippen molar-refractivity contribution in [2.75, 3.05) is 6.54 Å². The number of aromatic nitrogens is 2. The van der Waals surface area contributed by atoms with Crippen molar-refractivity contribution in [3.05, 3.63) is 95.4 Å². The molecule has 0 radical (unpaired) electrons. The normalized spacial score (nSPS) is 10.9. The van der Waals surface area contributed by atoms with Crippen molar-refractivity contribution in [3.8, 4) is 11.1 Å². The van der Waals surface area contributed by atoms with E-state index in [-0.39, 0.29) is 5.91 Å². The zero-order chi connectivity index (χ0) is 18.6. The summed E-state index contributed by atoms with van der Waals surface area (Å²) in [4.78, 5) is 17.4. The number of carbonyl (C=O) groups is 1. The van der Waals surface area contributed by atoms with Gasteiger partial charge in [0.2, 0.25) is 0 Å². The van der Waals surface area contributed by atoms with E-state index in [1.807, 2.05) is 65.3 Å². The molecule has 0 aliphatic rings. The Kier molecular flexibility index (Phi) is 4.90. The summed E-state index contributed by atoms with van der Waals surface area (Å²) in [6.45, 7) is 0.560. The summed E-state index contributed by atoms with van der Waals surface area (Å²) >= 11 is 6.01. The van der Waals surface area contributed by atoms with Crippen molar-refractivity contribution in [1.29, 1.82) is 0 Å². The summed E-state index contributed by atoms with van der Waals surface area (Å²) in [5.74, 6) is -0.132. The van der Waals surface area contributed by atoms with Gasteiger partial charge in [0.1, 0.15) is 5.65 Å². The average molecular weight is 376 g/mol. The van der Waals surface area contributed by atoms with Crippen LogP contribution in [0.2, 0.25) is 5.02 Å². The maximum absolute atomic E-state index is 13.0. The Morgan fingerprint density at radius 3 is 2.56 bits per heavy atom. The standard InChI is InChI=1S/C22H18ClN3O/c23-18-8-6-17(7-9-18)19-11-14-26-15-13-24-21(26)20(19)22(27)25-12-10-16-4-2-1-3-5-16/h1-9,11,13-15H,10,12H2,(H,25,27). The van der Waals surface area contributed by atoms with E-state index in [1.54, 1.807) is 6.20 Å². The highest BCUT2D eigenvalue weighted by molar-refractivity contribution is 6.30. The van der Waals surface area contributed by atoms with E-state index in [2.05, 4.69) is 22.4 Å². The lowest BCUT2D eigenvalue weighted by molar-refractivity contribution is 0.0956. The molecule has 0 aliphatic heterocycles. The number of amides is 1. The minimum atomic E-state index is -0.132. The number of hydrogen-bond acceptors (Lipinski definition) is 2. The van der Waals surface area contributed by atoms with E-state index in [9.17, 15) is 4.79 Å². The Bertz CT molecular complexity index is 1070.